The van der Waals surface area contributed by atoms with Crippen molar-refractivity contribution in [2.75, 3.05) is 82.5 Å². The normalized spacial score (nSPS) is 15.1. The van der Waals surface area contributed by atoms with Crippen LogP contribution in [0.2, 0.25) is 0 Å². The Morgan fingerprint density at radius 3 is 1.56 bits per heavy atom. The molecule has 0 bridgehead atoms. The van der Waals surface area contributed by atoms with Gasteiger partial charge in [0.2, 0.25) is 11.5 Å². The first-order valence-corrected chi connectivity index (χ1v) is 15.8. The highest BCUT2D eigenvalue weighted by atomic mass is 79.9. The summed E-state index contributed by atoms with van der Waals surface area (Å²) < 4.78 is 35.0. The number of benzene rings is 2. The maximum Gasteiger partial charge on any atom is 0.263 e. The maximum atomic E-state index is 12.7. The fourth-order valence-corrected chi connectivity index (χ4v) is 6.17. The first-order valence-electron chi connectivity index (χ1n) is 14.2. The number of likely N-dealkylation sites (tertiary alicyclic amines) is 1. The van der Waals surface area contributed by atoms with Crippen LogP contribution in [-0.2, 0) is 9.63 Å². The topological polar surface area (TPSA) is 101 Å². The lowest BCUT2D eigenvalue weighted by molar-refractivity contribution is -0.135. The van der Waals surface area contributed by atoms with Crippen LogP contribution in [0, 0.1) is 0 Å². The molecular formula is C32H41Br2N3O8. The van der Waals surface area contributed by atoms with E-state index in [9.17, 15) is 4.79 Å². The number of halogens is 2. The van der Waals surface area contributed by atoms with Gasteiger partial charge in [-0.2, -0.15) is 0 Å². The lowest BCUT2D eigenvalue weighted by Gasteiger charge is -2.29. The molecule has 0 atom stereocenters. The molecule has 2 aromatic rings. The Kier molecular flexibility index (Phi) is 13.4. The van der Waals surface area contributed by atoms with Crippen LogP contribution in [0.4, 0.5) is 0 Å². The van der Waals surface area contributed by atoms with Gasteiger partial charge in [-0.25, -0.2) is 0 Å². The van der Waals surface area contributed by atoms with E-state index in [0.717, 1.165) is 22.3 Å². The SMILES string of the molecule is CCN(CC)C(=O)CON=C1C(=Cc2cc(OC)c(OC)c(OC)c2Br)CN(C)CC1=Cc1cc(OC)c(OC)c(OC)c1Br. The van der Waals surface area contributed by atoms with Crippen LogP contribution in [0.15, 0.2) is 37.4 Å². The minimum absolute atomic E-state index is 0.145. The molecule has 3 rings (SSSR count). The van der Waals surface area contributed by atoms with Crippen molar-refractivity contribution in [1.82, 2.24) is 9.80 Å². The Bertz CT molecular complexity index is 1380. The summed E-state index contributed by atoms with van der Waals surface area (Å²) in [6.07, 6.45) is 3.97. The van der Waals surface area contributed by atoms with E-state index < -0.39 is 0 Å². The molecule has 1 saturated heterocycles. The predicted octanol–water partition coefficient (Wildman–Crippen LogP) is 5.92. The van der Waals surface area contributed by atoms with Gasteiger partial charge in [0.25, 0.3) is 5.91 Å². The Hall–Kier alpha value is -3.42. The van der Waals surface area contributed by atoms with E-state index in [1.807, 2.05) is 45.2 Å². The smallest absolute Gasteiger partial charge is 0.263 e. The zero-order valence-corrected chi connectivity index (χ0v) is 30.4. The van der Waals surface area contributed by atoms with Crippen LogP contribution in [0.25, 0.3) is 12.2 Å². The summed E-state index contributed by atoms with van der Waals surface area (Å²) in [6, 6.07) is 3.71. The molecule has 1 amide bonds. The summed E-state index contributed by atoms with van der Waals surface area (Å²) >= 11 is 7.37. The van der Waals surface area contributed by atoms with E-state index >= 15 is 0 Å². The number of hydrogen-bond donors (Lipinski definition) is 0. The number of rotatable bonds is 13. The van der Waals surface area contributed by atoms with E-state index in [0.29, 0.717) is 75.3 Å². The molecule has 1 fully saturated rings. The highest BCUT2D eigenvalue weighted by molar-refractivity contribution is 9.11. The first-order chi connectivity index (χ1) is 21.6. The molecule has 0 aromatic heterocycles. The standard InChI is InChI=1S/C32H41Br2N3O8/c1-10-37(11-2)25(38)18-45-35-28-21(12-19-14-23(39-4)29(41-6)31(43-8)26(19)33)16-36(3)17-22(28)13-20-15-24(40-5)30(42-7)32(44-9)27(20)34/h12-15H,10-11,16-18H2,1-9H3. The molecule has 0 aliphatic carbocycles. The molecule has 0 unspecified atom stereocenters. The van der Waals surface area contributed by atoms with Gasteiger partial charge in [-0.15, -0.1) is 0 Å². The second-order valence-corrected chi connectivity index (χ2v) is 11.5. The Morgan fingerprint density at radius 1 is 0.778 bits per heavy atom. The number of nitrogens with zero attached hydrogens (tertiary/aromatic N) is 3. The van der Waals surface area contributed by atoms with Gasteiger partial charge in [0.05, 0.1) is 51.6 Å². The molecule has 1 heterocycles. The van der Waals surface area contributed by atoms with Gasteiger partial charge in [-0.1, -0.05) is 5.16 Å². The zero-order valence-electron chi connectivity index (χ0n) is 27.2. The van der Waals surface area contributed by atoms with E-state index in [1.54, 1.807) is 47.6 Å². The minimum atomic E-state index is -0.191. The third kappa shape index (κ3) is 8.06. The van der Waals surface area contributed by atoms with Crippen LogP contribution >= 0.6 is 31.9 Å². The summed E-state index contributed by atoms with van der Waals surface area (Å²) in [5, 5.41) is 4.56. The molecule has 1 aliphatic rings. The Morgan fingerprint density at radius 2 is 1.20 bits per heavy atom. The molecule has 1 aliphatic heterocycles. The van der Waals surface area contributed by atoms with Gasteiger partial charge in [0.15, 0.2) is 29.6 Å². The number of carbonyl (C=O) groups is 1. The van der Waals surface area contributed by atoms with E-state index in [1.165, 1.54) is 0 Å². The van der Waals surface area contributed by atoms with Crippen molar-refractivity contribution in [1.29, 1.82) is 0 Å². The summed E-state index contributed by atoms with van der Waals surface area (Å²) in [5.74, 6) is 2.78. The third-order valence-corrected chi connectivity index (χ3v) is 8.84. The number of hydrogen-bond acceptors (Lipinski definition) is 10. The predicted molar refractivity (Wildman–Crippen MR) is 182 cm³/mol. The highest BCUT2D eigenvalue weighted by Gasteiger charge is 2.27. The number of carbonyl (C=O) groups excluding carboxylic acids is 1. The van der Waals surface area contributed by atoms with Crippen LogP contribution in [-0.4, -0.2) is 104 Å². The van der Waals surface area contributed by atoms with Gasteiger partial charge in [0.1, 0.15) is 5.71 Å². The average molecular weight is 756 g/mol. The van der Waals surface area contributed by atoms with Gasteiger partial charge >= 0.3 is 0 Å². The van der Waals surface area contributed by atoms with E-state index in [2.05, 4.69) is 41.9 Å². The molecule has 11 nitrogen and oxygen atoms in total. The molecule has 0 spiro atoms. The van der Waals surface area contributed by atoms with Crippen LogP contribution in [0.5, 0.6) is 34.5 Å². The zero-order chi connectivity index (χ0) is 33.3. The van der Waals surface area contributed by atoms with Crippen molar-refractivity contribution < 1.29 is 38.1 Å². The molecule has 246 valence electrons. The fraction of sp³-hybridized carbons (Fsp3) is 0.438. The first kappa shape index (κ1) is 36.1. The molecule has 0 saturated carbocycles. The number of ether oxygens (including phenoxy) is 6. The lowest BCUT2D eigenvalue weighted by atomic mass is 9.93. The molecule has 45 heavy (non-hydrogen) atoms. The largest absolute Gasteiger partial charge is 0.493 e. The number of amides is 1. The highest BCUT2D eigenvalue weighted by Crippen LogP contribution is 2.47. The van der Waals surface area contributed by atoms with Crippen LogP contribution in [0.1, 0.15) is 25.0 Å². The fourth-order valence-electron chi connectivity index (χ4n) is 5.02. The molecule has 0 radical (unpaired) electrons. The second kappa shape index (κ2) is 16.8. The lowest BCUT2D eigenvalue weighted by Crippen LogP contribution is -2.36. The molecular weight excluding hydrogens is 714 g/mol. The molecule has 13 heteroatoms. The third-order valence-electron chi connectivity index (χ3n) is 7.20. The van der Waals surface area contributed by atoms with E-state index in [-0.39, 0.29) is 12.5 Å². The number of likely N-dealkylation sites (N-methyl/N-ethyl adjacent to an activating group) is 2. The average Bonchev–Trinajstić information content (AvgIpc) is 3.03. The van der Waals surface area contributed by atoms with Crippen molar-refractivity contribution in [3.05, 3.63) is 43.4 Å². The quantitative estimate of drug-likeness (QED) is 0.231. The Balaban J connectivity index is 2.25. The molecule has 2 aromatic carbocycles. The van der Waals surface area contributed by atoms with Crippen LogP contribution < -0.4 is 28.4 Å². The van der Waals surface area contributed by atoms with Gasteiger partial charge in [-0.05, 0) is 99.3 Å². The van der Waals surface area contributed by atoms with Crippen molar-refractivity contribution in [3.63, 3.8) is 0 Å². The number of piperidine rings is 1. The van der Waals surface area contributed by atoms with Crippen molar-refractivity contribution in [3.8, 4) is 34.5 Å². The summed E-state index contributed by atoms with van der Waals surface area (Å²) in [4.78, 5) is 22.3. The molecule has 0 N–H and O–H groups in total. The van der Waals surface area contributed by atoms with Crippen molar-refractivity contribution in [2.45, 2.75) is 13.8 Å². The van der Waals surface area contributed by atoms with Crippen molar-refractivity contribution >= 4 is 55.6 Å². The Labute approximate surface area is 281 Å². The van der Waals surface area contributed by atoms with Crippen molar-refractivity contribution in [2.24, 2.45) is 5.16 Å². The van der Waals surface area contributed by atoms with Crippen LogP contribution in [0.3, 0.4) is 0 Å². The summed E-state index contributed by atoms with van der Waals surface area (Å²) in [5.41, 5.74) is 3.81. The van der Waals surface area contributed by atoms with Gasteiger partial charge in [-0.3, -0.25) is 9.69 Å². The second-order valence-electron chi connectivity index (χ2n) is 9.89. The number of oxime groups is 1. The summed E-state index contributed by atoms with van der Waals surface area (Å²) in [7, 11) is 11.4. The monoisotopic (exact) mass is 753 g/mol. The van der Waals surface area contributed by atoms with Gasteiger partial charge in [0, 0.05) is 26.2 Å². The van der Waals surface area contributed by atoms with Gasteiger partial charge < -0.3 is 38.2 Å². The minimum Gasteiger partial charge on any atom is -0.493 e. The maximum absolute atomic E-state index is 12.7. The van der Waals surface area contributed by atoms with E-state index in [4.69, 9.17) is 33.3 Å². The number of methoxy groups -OCH3 is 6. The summed E-state index contributed by atoms with van der Waals surface area (Å²) in [6.45, 7) is 5.92.